The van der Waals surface area contributed by atoms with E-state index in [9.17, 15) is 9.59 Å². The molecule has 1 N–H and O–H groups in total. The second kappa shape index (κ2) is 7.32. The number of likely N-dealkylation sites (tertiary alicyclic amines) is 1. The van der Waals surface area contributed by atoms with Crippen molar-refractivity contribution in [2.45, 2.75) is 51.5 Å². The van der Waals surface area contributed by atoms with E-state index in [0.29, 0.717) is 31.0 Å². The van der Waals surface area contributed by atoms with Gasteiger partial charge in [0, 0.05) is 19.0 Å². The van der Waals surface area contributed by atoms with E-state index in [2.05, 4.69) is 24.3 Å². The molecule has 1 saturated heterocycles. The Morgan fingerprint density at radius 2 is 2.04 bits per heavy atom. The van der Waals surface area contributed by atoms with E-state index in [1.807, 2.05) is 30.3 Å². The summed E-state index contributed by atoms with van der Waals surface area (Å²) < 4.78 is 4.97. The molecule has 26 heavy (non-hydrogen) atoms. The van der Waals surface area contributed by atoms with Gasteiger partial charge in [0.05, 0.1) is 0 Å². The quantitative estimate of drug-likeness (QED) is 0.893. The second-order valence-corrected chi connectivity index (χ2v) is 7.48. The van der Waals surface area contributed by atoms with Crippen molar-refractivity contribution in [3.05, 3.63) is 47.7 Å². The number of hydrogen-bond acceptors (Lipinski definition) is 4. The molecule has 0 spiro atoms. The van der Waals surface area contributed by atoms with Crippen molar-refractivity contribution >= 4 is 17.6 Å². The summed E-state index contributed by atoms with van der Waals surface area (Å²) in [5, 5.41) is 6.53. The summed E-state index contributed by atoms with van der Waals surface area (Å²) in [6, 6.07) is 11.2. The number of carbonyl (C=O) groups excluding carboxylic acids is 2. The molecule has 1 fully saturated rings. The number of carbonyl (C=O) groups is 2. The first-order valence-corrected chi connectivity index (χ1v) is 8.96. The number of rotatable bonds is 5. The number of aromatic nitrogens is 1. The molecule has 2 aromatic rings. The van der Waals surface area contributed by atoms with E-state index in [4.69, 9.17) is 4.52 Å². The van der Waals surface area contributed by atoms with Gasteiger partial charge < -0.3 is 14.7 Å². The molecule has 1 aliphatic rings. The minimum absolute atomic E-state index is 0.00726. The highest BCUT2D eigenvalue weighted by Crippen LogP contribution is 2.29. The van der Waals surface area contributed by atoms with Gasteiger partial charge in [-0.25, -0.2) is 0 Å². The molecular weight excluding hydrogens is 330 g/mol. The third kappa shape index (κ3) is 3.95. The molecule has 1 atom stereocenters. The predicted molar refractivity (Wildman–Crippen MR) is 98.7 cm³/mol. The maximum Gasteiger partial charge on any atom is 0.248 e. The van der Waals surface area contributed by atoms with Gasteiger partial charge in [-0.3, -0.25) is 9.59 Å². The third-order valence-corrected chi connectivity index (χ3v) is 4.90. The van der Waals surface area contributed by atoms with Crippen LogP contribution in [0, 0.1) is 6.92 Å². The Bertz CT molecular complexity index is 783. The van der Waals surface area contributed by atoms with Gasteiger partial charge in [-0.1, -0.05) is 49.3 Å². The molecule has 1 aliphatic heterocycles. The van der Waals surface area contributed by atoms with Crippen molar-refractivity contribution in [1.82, 2.24) is 10.1 Å². The monoisotopic (exact) mass is 355 g/mol. The largest absolute Gasteiger partial charge is 0.360 e. The number of anilines is 1. The van der Waals surface area contributed by atoms with Crippen molar-refractivity contribution in [3.63, 3.8) is 0 Å². The standard InChI is InChI=1S/C20H25N3O3/c1-14-12-17(22-26-14)21-19(25)16-10-7-11-23(16)18(24)13-20(2,3)15-8-5-4-6-9-15/h4-6,8-9,12,16H,7,10-11,13H2,1-3H3,(H,21,22,25)/t16-/m0/s1. The highest BCUT2D eigenvalue weighted by molar-refractivity contribution is 5.97. The first kappa shape index (κ1) is 18.2. The van der Waals surface area contributed by atoms with Crippen molar-refractivity contribution in [1.29, 1.82) is 0 Å². The van der Waals surface area contributed by atoms with E-state index in [-0.39, 0.29) is 17.2 Å². The van der Waals surface area contributed by atoms with E-state index in [0.717, 1.165) is 12.0 Å². The number of nitrogens with zero attached hydrogens (tertiary/aromatic N) is 2. The molecule has 0 aliphatic carbocycles. The summed E-state index contributed by atoms with van der Waals surface area (Å²) in [7, 11) is 0. The van der Waals surface area contributed by atoms with Crippen LogP contribution in [0.3, 0.4) is 0 Å². The molecule has 2 amide bonds. The van der Waals surface area contributed by atoms with Crippen molar-refractivity contribution in [2.75, 3.05) is 11.9 Å². The SMILES string of the molecule is Cc1cc(NC(=O)[C@@H]2CCCN2C(=O)CC(C)(C)c2ccccc2)no1. The lowest BCUT2D eigenvalue weighted by Gasteiger charge is -2.30. The summed E-state index contributed by atoms with van der Waals surface area (Å²) in [6.45, 7) is 6.49. The zero-order valence-corrected chi connectivity index (χ0v) is 15.5. The van der Waals surface area contributed by atoms with Crippen LogP contribution in [0.25, 0.3) is 0 Å². The van der Waals surface area contributed by atoms with Gasteiger partial charge in [0.15, 0.2) is 5.82 Å². The molecule has 6 heteroatoms. The van der Waals surface area contributed by atoms with Gasteiger partial charge in [-0.05, 0) is 30.7 Å². The van der Waals surface area contributed by atoms with Gasteiger partial charge in [-0.2, -0.15) is 0 Å². The first-order valence-electron chi connectivity index (χ1n) is 8.96. The van der Waals surface area contributed by atoms with Gasteiger partial charge >= 0.3 is 0 Å². The average molecular weight is 355 g/mol. The Morgan fingerprint density at radius 1 is 1.31 bits per heavy atom. The highest BCUT2D eigenvalue weighted by Gasteiger charge is 2.36. The van der Waals surface area contributed by atoms with Gasteiger partial charge in [0.2, 0.25) is 11.8 Å². The summed E-state index contributed by atoms with van der Waals surface area (Å²) in [5.41, 5.74) is 0.831. The van der Waals surface area contributed by atoms with Gasteiger partial charge in [0.1, 0.15) is 11.8 Å². The normalized spacial score (nSPS) is 17.3. The molecule has 0 bridgehead atoms. The van der Waals surface area contributed by atoms with E-state index < -0.39 is 6.04 Å². The molecule has 3 rings (SSSR count). The molecule has 138 valence electrons. The fourth-order valence-electron chi connectivity index (χ4n) is 3.44. The number of aryl methyl sites for hydroxylation is 1. The number of nitrogens with one attached hydrogen (secondary N) is 1. The fourth-order valence-corrected chi connectivity index (χ4v) is 3.44. The minimum Gasteiger partial charge on any atom is -0.360 e. The van der Waals surface area contributed by atoms with Crippen LogP contribution in [0.15, 0.2) is 40.9 Å². The average Bonchev–Trinajstić information content (AvgIpc) is 3.24. The summed E-state index contributed by atoms with van der Waals surface area (Å²) >= 11 is 0. The lowest BCUT2D eigenvalue weighted by Crippen LogP contribution is -2.44. The smallest absolute Gasteiger partial charge is 0.248 e. The zero-order valence-electron chi connectivity index (χ0n) is 15.5. The van der Waals surface area contributed by atoms with Gasteiger partial charge in [-0.15, -0.1) is 0 Å². The molecule has 0 saturated carbocycles. The molecule has 0 unspecified atom stereocenters. The Morgan fingerprint density at radius 3 is 2.69 bits per heavy atom. The van der Waals surface area contributed by atoms with Crippen LogP contribution >= 0.6 is 0 Å². The summed E-state index contributed by atoms with van der Waals surface area (Å²) in [6.07, 6.45) is 1.86. The maximum atomic E-state index is 12.9. The second-order valence-electron chi connectivity index (χ2n) is 7.48. The third-order valence-electron chi connectivity index (χ3n) is 4.90. The van der Waals surface area contributed by atoms with Crippen LogP contribution in [-0.4, -0.2) is 34.5 Å². The number of amides is 2. The lowest BCUT2D eigenvalue weighted by molar-refractivity contribution is -0.137. The Kier molecular flexibility index (Phi) is 5.11. The molecule has 6 nitrogen and oxygen atoms in total. The highest BCUT2D eigenvalue weighted by atomic mass is 16.5. The molecular formula is C20H25N3O3. The Labute approximate surface area is 153 Å². The van der Waals surface area contributed by atoms with E-state index in [1.165, 1.54) is 0 Å². The van der Waals surface area contributed by atoms with E-state index >= 15 is 0 Å². The summed E-state index contributed by atoms with van der Waals surface area (Å²) in [4.78, 5) is 27.2. The topological polar surface area (TPSA) is 75.4 Å². The molecule has 0 radical (unpaired) electrons. The predicted octanol–water partition coefficient (Wildman–Crippen LogP) is 3.28. The summed E-state index contributed by atoms with van der Waals surface area (Å²) in [5.74, 6) is 0.815. The Hall–Kier alpha value is -2.63. The number of benzene rings is 1. The van der Waals surface area contributed by atoms with Crippen LogP contribution in [0.4, 0.5) is 5.82 Å². The van der Waals surface area contributed by atoms with Crippen molar-refractivity contribution < 1.29 is 14.1 Å². The van der Waals surface area contributed by atoms with E-state index in [1.54, 1.807) is 17.9 Å². The minimum atomic E-state index is -0.453. The van der Waals surface area contributed by atoms with Crippen LogP contribution in [0.5, 0.6) is 0 Å². The molecule has 1 aromatic carbocycles. The Balaban J connectivity index is 1.67. The van der Waals surface area contributed by atoms with Crippen molar-refractivity contribution in [3.8, 4) is 0 Å². The van der Waals surface area contributed by atoms with Gasteiger partial charge in [0.25, 0.3) is 0 Å². The number of hydrogen-bond donors (Lipinski definition) is 1. The maximum absolute atomic E-state index is 12.9. The van der Waals surface area contributed by atoms with Crippen LogP contribution in [0.2, 0.25) is 0 Å². The van der Waals surface area contributed by atoms with Crippen LogP contribution in [0.1, 0.15) is 44.4 Å². The van der Waals surface area contributed by atoms with Crippen molar-refractivity contribution in [2.24, 2.45) is 0 Å². The molecule has 1 aromatic heterocycles. The lowest BCUT2D eigenvalue weighted by atomic mass is 9.81. The van der Waals surface area contributed by atoms with Crippen LogP contribution < -0.4 is 5.32 Å². The fraction of sp³-hybridized carbons (Fsp3) is 0.450. The molecule has 2 heterocycles. The van der Waals surface area contributed by atoms with Crippen LogP contribution in [-0.2, 0) is 15.0 Å². The zero-order chi connectivity index (χ0) is 18.7. The first-order chi connectivity index (χ1) is 12.4.